The first-order valence-corrected chi connectivity index (χ1v) is 5.75. The molecule has 0 aromatic heterocycles. The maximum absolute atomic E-state index is 13.4. The summed E-state index contributed by atoms with van der Waals surface area (Å²) in [5, 5.41) is 3.25. The van der Waals surface area contributed by atoms with Gasteiger partial charge in [0.15, 0.2) is 0 Å². The summed E-state index contributed by atoms with van der Waals surface area (Å²) in [5.41, 5.74) is 1.67. The molecule has 1 heterocycles. The molecular formula is C11H13BrFNO. The molecule has 1 saturated heterocycles. The van der Waals surface area contributed by atoms with Crippen molar-refractivity contribution in [1.82, 2.24) is 5.32 Å². The van der Waals surface area contributed by atoms with Crippen LogP contribution in [0.15, 0.2) is 16.6 Å². The lowest BCUT2D eigenvalue weighted by molar-refractivity contribution is 0.0276. The molecule has 1 fully saturated rings. The second kappa shape index (κ2) is 4.60. The highest BCUT2D eigenvalue weighted by Crippen LogP contribution is 2.26. The van der Waals surface area contributed by atoms with Gasteiger partial charge in [-0.1, -0.05) is 6.07 Å². The Balaban J connectivity index is 2.27. The van der Waals surface area contributed by atoms with Crippen LogP contribution in [0.1, 0.15) is 17.2 Å². The van der Waals surface area contributed by atoms with Crippen LogP contribution in [-0.2, 0) is 4.74 Å². The fourth-order valence-corrected chi connectivity index (χ4v) is 2.30. The zero-order valence-electron chi connectivity index (χ0n) is 8.52. The second-order valence-electron chi connectivity index (χ2n) is 3.70. The summed E-state index contributed by atoms with van der Waals surface area (Å²) in [6, 6.07) is 3.64. The van der Waals surface area contributed by atoms with Crippen LogP contribution in [0.4, 0.5) is 4.39 Å². The van der Waals surface area contributed by atoms with Crippen LogP contribution >= 0.6 is 15.9 Å². The molecule has 15 heavy (non-hydrogen) atoms. The minimum Gasteiger partial charge on any atom is -0.371 e. The number of morpholine rings is 1. The number of nitrogens with one attached hydrogen (secondary N) is 1. The zero-order valence-corrected chi connectivity index (χ0v) is 10.1. The highest BCUT2D eigenvalue weighted by atomic mass is 79.9. The Morgan fingerprint density at radius 1 is 1.53 bits per heavy atom. The average Bonchev–Trinajstić information content (AvgIpc) is 2.26. The molecule has 0 amide bonds. The van der Waals surface area contributed by atoms with Gasteiger partial charge in [-0.05, 0) is 40.0 Å². The number of halogens is 2. The van der Waals surface area contributed by atoms with E-state index in [1.54, 1.807) is 13.0 Å². The molecule has 1 aliphatic heterocycles. The molecule has 0 saturated carbocycles. The van der Waals surface area contributed by atoms with Gasteiger partial charge >= 0.3 is 0 Å². The van der Waals surface area contributed by atoms with Gasteiger partial charge in [0.1, 0.15) is 5.82 Å². The van der Waals surface area contributed by atoms with Crippen molar-refractivity contribution in [2.45, 2.75) is 13.0 Å². The first kappa shape index (κ1) is 11.0. The standard InChI is InChI=1S/C11H13BrFNO/c1-7-4-8(5-9(12)11(7)13)10-6-14-2-3-15-10/h4-5,10,14H,2-3,6H2,1H3. The fraction of sp³-hybridized carbons (Fsp3) is 0.455. The first-order valence-electron chi connectivity index (χ1n) is 4.96. The quantitative estimate of drug-likeness (QED) is 0.849. The topological polar surface area (TPSA) is 21.3 Å². The van der Waals surface area contributed by atoms with E-state index in [0.29, 0.717) is 16.6 Å². The SMILES string of the molecule is Cc1cc(C2CNCCO2)cc(Br)c1F. The van der Waals surface area contributed by atoms with Gasteiger partial charge in [0, 0.05) is 13.1 Å². The normalized spacial score (nSPS) is 21.7. The van der Waals surface area contributed by atoms with E-state index in [1.165, 1.54) is 0 Å². The molecule has 1 aromatic carbocycles. The van der Waals surface area contributed by atoms with E-state index in [9.17, 15) is 4.39 Å². The lowest BCUT2D eigenvalue weighted by atomic mass is 10.1. The Morgan fingerprint density at radius 2 is 2.33 bits per heavy atom. The molecule has 0 aliphatic carbocycles. The highest BCUT2D eigenvalue weighted by molar-refractivity contribution is 9.10. The molecule has 1 aliphatic rings. The predicted octanol–water partition coefficient (Wildman–Crippen LogP) is 2.56. The Labute approximate surface area is 96.9 Å². The van der Waals surface area contributed by atoms with Crippen molar-refractivity contribution < 1.29 is 9.13 Å². The molecule has 1 unspecified atom stereocenters. The van der Waals surface area contributed by atoms with E-state index in [0.717, 1.165) is 18.7 Å². The number of aryl methyl sites for hydroxylation is 1. The molecule has 0 spiro atoms. The van der Waals surface area contributed by atoms with Crippen LogP contribution in [0.5, 0.6) is 0 Å². The van der Waals surface area contributed by atoms with Crippen molar-refractivity contribution in [2.24, 2.45) is 0 Å². The van der Waals surface area contributed by atoms with Gasteiger partial charge in [-0.3, -0.25) is 0 Å². The van der Waals surface area contributed by atoms with Crippen molar-refractivity contribution in [3.8, 4) is 0 Å². The van der Waals surface area contributed by atoms with Crippen LogP contribution in [0, 0.1) is 12.7 Å². The van der Waals surface area contributed by atoms with Crippen LogP contribution in [0.2, 0.25) is 0 Å². The van der Waals surface area contributed by atoms with Crippen LogP contribution < -0.4 is 5.32 Å². The maximum atomic E-state index is 13.4. The Hall–Kier alpha value is -0.450. The maximum Gasteiger partial charge on any atom is 0.140 e. The zero-order chi connectivity index (χ0) is 10.8. The lowest BCUT2D eigenvalue weighted by Crippen LogP contribution is -2.33. The van der Waals surface area contributed by atoms with Crippen molar-refractivity contribution in [1.29, 1.82) is 0 Å². The molecule has 4 heteroatoms. The number of ether oxygens (including phenoxy) is 1. The minimum absolute atomic E-state index is 0.0364. The minimum atomic E-state index is -0.192. The Bertz CT molecular complexity index is 341. The molecule has 1 atom stereocenters. The number of benzene rings is 1. The van der Waals surface area contributed by atoms with Crippen LogP contribution in [-0.4, -0.2) is 19.7 Å². The summed E-state index contributed by atoms with van der Waals surface area (Å²) in [6.45, 7) is 4.15. The van der Waals surface area contributed by atoms with Gasteiger partial charge < -0.3 is 10.1 Å². The Morgan fingerprint density at radius 3 is 2.93 bits per heavy atom. The second-order valence-corrected chi connectivity index (χ2v) is 4.55. The fourth-order valence-electron chi connectivity index (χ4n) is 1.72. The highest BCUT2D eigenvalue weighted by Gasteiger charge is 2.17. The molecular weight excluding hydrogens is 261 g/mol. The molecule has 82 valence electrons. The first-order chi connectivity index (χ1) is 7.18. The van der Waals surface area contributed by atoms with E-state index < -0.39 is 0 Å². The van der Waals surface area contributed by atoms with Crippen LogP contribution in [0.25, 0.3) is 0 Å². The molecule has 0 bridgehead atoms. The van der Waals surface area contributed by atoms with Crippen molar-refractivity contribution in [2.75, 3.05) is 19.7 Å². The van der Waals surface area contributed by atoms with E-state index >= 15 is 0 Å². The number of hydrogen-bond acceptors (Lipinski definition) is 2. The van der Waals surface area contributed by atoms with E-state index in [2.05, 4.69) is 21.2 Å². The van der Waals surface area contributed by atoms with E-state index in [1.807, 2.05) is 6.07 Å². The summed E-state index contributed by atoms with van der Waals surface area (Å²) < 4.78 is 19.5. The predicted molar refractivity (Wildman–Crippen MR) is 60.4 cm³/mol. The molecule has 1 aromatic rings. The lowest BCUT2D eigenvalue weighted by Gasteiger charge is -2.24. The molecule has 2 nitrogen and oxygen atoms in total. The summed E-state index contributed by atoms with van der Waals surface area (Å²) in [6.07, 6.45) is 0.0364. The van der Waals surface area contributed by atoms with Gasteiger partial charge in [-0.15, -0.1) is 0 Å². The third kappa shape index (κ3) is 2.38. The monoisotopic (exact) mass is 273 g/mol. The number of hydrogen-bond donors (Lipinski definition) is 1. The summed E-state index contributed by atoms with van der Waals surface area (Å²) >= 11 is 3.21. The van der Waals surface area contributed by atoms with E-state index in [-0.39, 0.29) is 11.9 Å². The van der Waals surface area contributed by atoms with Crippen molar-refractivity contribution in [3.63, 3.8) is 0 Å². The third-order valence-corrected chi connectivity index (χ3v) is 3.11. The van der Waals surface area contributed by atoms with E-state index in [4.69, 9.17) is 4.74 Å². The summed E-state index contributed by atoms with van der Waals surface area (Å²) in [5.74, 6) is -0.192. The largest absolute Gasteiger partial charge is 0.371 e. The van der Waals surface area contributed by atoms with Gasteiger partial charge in [-0.25, -0.2) is 4.39 Å². The van der Waals surface area contributed by atoms with Gasteiger partial charge in [-0.2, -0.15) is 0 Å². The summed E-state index contributed by atoms with van der Waals surface area (Å²) in [4.78, 5) is 0. The third-order valence-electron chi connectivity index (χ3n) is 2.53. The molecule has 0 radical (unpaired) electrons. The molecule has 1 N–H and O–H groups in total. The van der Waals surface area contributed by atoms with Gasteiger partial charge in [0.2, 0.25) is 0 Å². The van der Waals surface area contributed by atoms with Crippen molar-refractivity contribution in [3.05, 3.63) is 33.5 Å². The summed E-state index contributed by atoms with van der Waals surface area (Å²) in [7, 11) is 0. The smallest absolute Gasteiger partial charge is 0.140 e. The Kier molecular flexibility index (Phi) is 3.38. The molecule has 2 rings (SSSR count). The van der Waals surface area contributed by atoms with Crippen LogP contribution in [0.3, 0.4) is 0 Å². The van der Waals surface area contributed by atoms with Gasteiger partial charge in [0.25, 0.3) is 0 Å². The average molecular weight is 274 g/mol. The van der Waals surface area contributed by atoms with Crippen molar-refractivity contribution >= 4 is 15.9 Å². The number of rotatable bonds is 1. The van der Waals surface area contributed by atoms with Gasteiger partial charge in [0.05, 0.1) is 17.2 Å².